The van der Waals surface area contributed by atoms with Crippen LogP contribution in [0.3, 0.4) is 0 Å². The van der Waals surface area contributed by atoms with Gasteiger partial charge in [-0.15, -0.1) is 5.10 Å². The molecule has 1 heterocycles. The van der Waals surface area contributed by atoms with E-state index in [0.717, 1.165) is 12.8 Å². The molecule has 0 radical (unpaired) electrons. The van der Waals surface area contributed by atoms with Gasteiger partial charge in [0.15, 0.2) is 0 Å². The summed E-state index contributed by atoms with van der Waals surface area (Å²) in [4.78, 5) is 10.6. The Balaban J connectivity index is 2.08. The molecule has 14 heavy (non-hydrogen) atoms. The summed E-state index contributed by atoms with van der Waals surface area (Å²) in [7, 11) is 0. The summed E-state index contributed by atoms with van der Waals surface area (Å²) in [5.41, 5.74) is 0. The maximum atomic E-state index is 10.6. The Kier molecular flexibility index (Phi) is 2.40. The lowest BCUT2D eigenvalue weighted by Gasteiger charge is -2.04. The molecule has 7 heteroatoms. The van der Waals surface area contributed by atoms with Gasteiger partial charge in [-0.25, -0.2) is 4.68 Å². The number of hydrogen-bond acceptors (Lipinski definition) is 5. The molecular weight excluding hydrogens is 204 g/mol. The fourth-order valence-electron chi connectivity index (χ4n) is 1.02. The van der Waals surface area contributed by atoms with E-state index in [9.17, 15) is 4.79 Å². The van der Waals surface area contributed by atoms with Gasteiger partial charge in [0.05, 0.1) is 6.04 Å². The summed E-state index contributed by atoms with van der Waals surface area (Å²) >= 11 is 1.18. The predicted molar refractivity (Wildman–Crippen MR) is 49.0 cm³/mol. The third kappa shape index (κ3) is 1.87. The van der Waals surface area contributed by atoms with Crippen LogP contribution in [0, 0.1) is 0 Å². The molecule has 1 unspecified atom stereocenters. The van der Waals surface area contributed by atoms with Gasteiger partial charge in [-0.3, -0.25) is 4.79 Å². The second-order valence-electron chi connectivity index (χ2n) is 3.24. The zero-order valence-corrected chi connectivity index (χ0v) is 8.44. The van der Waals surface area contributed by atoms with Crippen molar-refractivity contribution in [3.05, 3.63) is 0 Å². The quantitative estimate of drug-likeness (QED) is 0.738. The van der Waals surface area contributed by atoms with Crippen molar-refractivity contribution in [2.45, 2.75) is 36.2 Å². The van der Waals surface area contributed by atoms with Crippen LogP contribution in [0.1, 0.15) is 25.8 Å². The maximum Gasteiger partial charge on any atom is 0.316 e. The molecule has 0 aromatic carbocycles. The van der Waals surface area contributed by atoms with Crippen molar-refractivity contribution >= 4 is 17.7 Å². The van der Waals surface area contributed by atoms with E-state index in [1.165, 1.54) is 11.8 Å². The van der Waals surface area contributed by atoms with Gasteiger partial charge in [-0.2, -0.15) is 0 Å². The summed E-state index contributed by atoms with van der Waals surface area (Å²) in [6, 6.07) is 0.383. The average molecular weight is 214 g/mol. The van der Waals surface area contributed by atoms with Crippen molar-refractivity contribution in [1.82, 2.24) is 20.2 Å². The molecule has 76 valence electrons. The molecule has 0 amide bonds. The van der Waals surface area contributed by atoms with Crippen LogP contribution >= 0.6 is 11.8 Å². The lowest BCUT2D eigenvalue weighted by Crippen LogP contribution is -2.13. The second kappa shape index (κ2) is 3.56. The maximum absolute atomic E-state index is 10.6. The number of aromatic nitrogens is 4. The summed E-state index contributed by atoms with van der Waals surface area (Å²) in [6.07, 6.45) is 2.17. The largest absolute Gasteiger partial charge is 0.480 e. The van der Waals surface area contributed by atoms with Crippen LogP contribution in [0.25, 0.3) is 0 Å². The minimum absolute atomic E-state index is 0.383. The number of carboxylic acid groups (broad SMARTS) is 1. The molecule has 2 rings (SSSR count). The van der Waals surface area contributed by atoms with E-state index in [4.69, 9.17) is 5.11 Å². The molecule has 0 saturated heterocycles. The van der Waals surface area contributed by atoms with E-state index in [1.807, 2.05) is 0 Å². The van der Waals surface area contributed by atoms with Gasteiger partial charge in [-0.1, -0.05) is 11.8 Å². The van der Waals surface area contributed by atoms with Crippen molar-refractivity contribution < 1.29 is 9.90 Å². The monoisotopic (exact) mass is 214 g/mol. The van der Waals surface area contributed by atoms with E-state index in [-0.39, 0.29) is 0 Å². The third-order valence-electron chi connectivity index (χ3n) is 1.99. The summed E-state index contributed by atoms with van der Waals surface area (Å²) in [5, 5.41) is 20.0. The van der Waals surface area contributed by atoms with E-state index in [2.05, 4.69) is 15.5 Å². The number of tetrazole rings is 1. The fourth-order valence-corrected chi connectivity index (χ4v) is 1.81. The molecule has 1 fully saturated rings. The van der Waals surface area contributed by atoms with Crippen molar-refractivity contribution in [1.29, 1.82) is 0 Å². The molecule has 1 N–H and O–H groups in total. The normalized spacial score (nSPS) is 18.1. The zero-order valence-electron chi connectivity index (χ0n) is 7.62. The Morgan fingerprint density at radius 3 is 3.00 bits per heavy atom. The lowest BCUT2D eigenvalue weighted by atomic mass is 10.5. The minimum atomic E-state index is -0.847. The Morgan fingerprint density at radius 2 is 2.43 bits per heavy atom. The molecule has 6 nitrogen and oxygen atoms in total. The van der Waals surface area contributed by atoms with Gasteiger partial charge in [0.2, 0.25) is 5.16 Å². The number of carboxylic acids is 1. The first-order valence-corrected chi connectivity index (χ1v) is 5.24. The van der Waals surface area contributed by atoms with Gasteiger partial charge in [0, 0.05) is 0 Å². The topological polar surface area (TPSA) is 80.9 Å². The minimum Gasteiger partial charge on any atom is -0.480 e. The Labute approximate surface area is 84.7 Å². The van der Waals surface area contributed by atoms with Gasteiger partial charge >= 0.3 is 5.97 Å². The number of aliphatic carboxylic acids is 1. The Morgan fingerprint density at radius 1 is 1.71 bits per heavy atom. The van der Waals surface area contributed by atoms with Crippen LogP contribution in [-0.4, -0.2) is 36.5 Å². The van der Waals surface area contributed by atoms with E-state index in [1.54, 1.807) is 11.6 Å². The second-order valence-corrected chi connectivity index (χ2v) is 4.54. The summed E-state index contributed by atoms with van der Waals surface area (Å²) in [6.45, 7) is 1.62. The SMILES string of the molecule is CC(Sc1nnnn1C1CC1)C(=O)O. The fraction of sp³-hybridized carbons (Fsp3) is 0.714. The summed E-state index contributed by atoms with van der Waals surface area (Å²) < 4.78 is 1.71. The molecule has 0 spiro atoms. The molecular formula is C7H10N4O2S. The van der Waals surface area contributed by atoms with Crippen LogP contribution in [0.4, 0.5) is 0 Å². The van der Waals surface area contributed by atoms with Gasteiger partial charge in [0.1, 0.15) is 5.25 Å². The predicted octanol–water partition coefficient (Wildman–Crippen LogP) is 0.573. The molecule has 1 saturated carbocycles. The Hall–Kier alpha value is -1.11. The molecule has 0 bridgehead atoms. The highest BCUT2D eigenvalue weighted by molar-refractivity contribution is 8.00. The van der Waals surface area contributed by atoms with Crippen LogP contribution in [0.15, 0.2) is 5.16 Å². The van der Waals surface area contributed by atoms with Crippen molar-refractivity contribution in [3.8, 4) is 0 Å². The number of thioether (sulfide) groups is 1. The van der Waals surface area contributed by atoms with Crippen molar-refractivity contribution in [2.24, 2.45) is 0 Å². The molecule has 1 aliphatic carbocycles. The van der Waals surface area contributed by atoms with Crippen LogP contribution < -0.4 is 0 Å². The molecule has 1 atom stereocenters. The molecule has 1 aliphatic rings. The number of carbonyl (C=O) groups is 1. The van der Waals surface area contributed by atoms with Crippen LogP contribution in [0.5, 0.6) is 0 Å². The highest BCUT2D eigenvalue weighted by Gasteiger charge is 2.29. The van der Waals surface area contributed by atoms with Gasteiger partial charge in [-0.05, 0) is 30.2 Å². The third-order valence-corrected chi connectivity index (χ3v) is 3.02. The first-order valence-electron chi connectivity index (χ1n) is 4.36. The number of hydrogen-bond donors (Lipinski definition) is 1. The lowest BCUT2D eigenvalue weighted by molar-refractivity contribution is -0.136. The Bertz CT molecular complexity index is 349. The average Bonchev–Trinajstić information content (AvgIpc) is 2.88. The highest BCUT2D eigenvalue weighted by atomic mass is 32.2. The highest BCUT2D eigenvalue weighted by Crippen LogP contribution is 2.36. The molecule has 1 aromatic rings. The standard InChI is InChI=1S/C7H10N4O2S/c1-4(6(12)13)14-7-8-9-10-11(7)5-2-3-5/h4-5H,2-3H2,1H3,(H,12,13). The van der Waals surface area contributed by atoms with E-state index < -0.39 is 11.2 Å². The number of rotatable bonds is 4. The zero-order chi connectivity index (χ0) is 10.1. The number of nitrogens with zero attached hydrogens (tertiary/aromatic N) is 4. The smallest absolute Gasteiger partial charge is 0.316 e. The van der Waals surface area contributed by atoms with Crippen molar-refractivity contribution in [2.75, 3.05) is 0 Å². The first-order chi connectivity index (χ1) is 6.68. The van der Waals surface area contributed by atoms with E-state index >= 15 is 0 Å². The summed E-state index contributed by atoms with van der Waals surface area (Å²) in [5.74, 6) is -0.847. The first kappa shape index (κ1) is 9.45. The van der Waals surface area contributed by atoms with E-state index in [0.29, 0.717) is 11.2 Å². The molecule has 0 aliphatic heterocycles. The van der Waals surface area contributed by atoms with Gasteiger partial charge in [0.25, 0.3) is 0 Å². The molecule has 1 aromatic heterocycles. The van der Waals surface area contributed by atoms with Crippen molar-refractivity contribution in [3.63, 3.8) is 0 Å². The van der Waals surface area contributed by atoms with Gasteiger partial charge < -0.3 is 5.11 Å². The van der Waals surface area contributed by atoms with Crippen LogP contribution in [-0.2, 0) is 4.79 Å². The van der Waals surface area contributed by atoms with Crippen LogP contribution in [0.2, 0.25) is 0 Å².